The van der Waals surface area contributed by atoms with Gasteiger partial charge in [-0.05, 0) is 37.9 Å². The lowest BCUT2D eigenvalue weighted by Crippen LogP contribution is -2.46. The Hall–Kier alpha value is -1.14. The summed E-state index contributed by atoms with van der Waals surface area (Å²) in [6.45, 7) is 8.44. The minimum absolute atomic E-state index is 0.00144. The van der Waals surface area contributed by atoms with Gasteiger partial charge in [0.15, 0.2) is 0 Å². The Bertz CT molecular complexity index is 661. The third-order valence-corrected chi connectivity index (χ3v) is 7.94. The van der Waals surface area contributed by atoms with Crippen LogP contribution in [0, 0.1) is 0 Å². The Balaban J connectivity index is 1.43. The number of aromatic nitrogens is 1. The first kappa shape index (κ1) is 31.1. The zero-order chi connectivity index (χ0) is 25.7. The largest absolute Gasteiger partial charge is 0.354 e. The molecule has 1 aliphatic heterocycles. The van der Waals surface area contributed by atoms with Crippen LogP contribution in [0.25, 0.3) is 0 Å². The summed E-state index contributed by atoms with van der Waals surface area (Å²) in [7, 11) is 0. The number of carbonyl (C=O) groups excluding carboxylic acids is 1. The summed E-state index contributed by atoms with van der Waals surface area (Å²) in [4.78, 5) is 21.9. The van der Waals surface area contributed by atoms with Crippen molar-refractivity contribution in [2.45, 2.75) is 110 Å². The third kappa shape index (κ3) is 14.0. The summed E-state index contributed by atoms with van der Waals surface area (Å²) < 4.78 is 0. The molecule has 1 fully saturated rings. The zero-order valence-electron chi connectivity index (χ0n) is 23.1. The molecule has 0 aromatic carbocycles. The van der Waals surface area contributed by atoms with Gasteiger partial charge in [-0.2, -0.15) is 0 Å². The Morgan fingerprint density at radius 1 is 0.806 bits per heavy atom. The van der Waals surface area contributed by atoms with E-state index in [9.17, 15) is 4.79 Å². The number of nitrogens with one attached hydrogen (secondary N) is 1. The minimum Gasteiger partial charge on any atom is -0.354 e. The van der Waals surface area contributed by atoms with Gasteiger partial charge in [0.2, 0.25) is 0 Å². The molecule has 1 aliphatic rings. The number of pyridine rings is 1. The Labute approximate surface area is 230 Å². The minimum atomic E-state index is 0.00144. The monoisotopic (exact) mass is 564 g/mol. The molecule has 1 aromatic heterocycles. The van der Waals surface area contributed by atoms with Crippen LogP contribution in [0.3, 0.4) is 0 Å². The standard InChI is InChI=1S/C30H53BrN4O/c1-2-3-22-34-23-25-35(26-24-34)29-19-18-28(27-33-29)30(36)32-21-17-15-13-11-9-7-5-4-6-8-10-12-14-16-20-31/h18-19,27H,2-17,20-26H2,1H3,(H,32,36). The third-order valence-electron chi connectivity index (χ3n) is 7.38. The van der Waals surface area contributed by atoms with Gasteiger partial charge in [-0.15, -0.1) is 0 Å². The topological polar surface area (TPSA) is 48.5 Å². The molecule has 2 rings (SSSR count). The maximum Gasteiger partial charge on any atom is 0.252 e. The SMILES string of the molecule is CCCCN1CCN(c2ccc(C(=O)NCCCCCCCCCCCCCCCCBr)cn2)CC1. The number of hydrogen-bond donors (Lipinski definition) is 1. The normalized spacial score (nSPS) is 14.3. The van der Waals surface area contributed by atoms with Crippen LogP contribution in [-0.2, 0) is 0 Å². The van der Waals surface area contributed by atoms with E-state index in [2.05, 4.69) is 43.0 Å². The fraction of sp³-hybridized carbons (Fsp3) is 0.800. The van der Waals surface area contributed by atoms with E-state index in [0.29, 0.717) is 5.56 Å². The van der Waals surface area contributed by atoms with Crippen molar-refractivity contribution >= 4 is 27.7 Å². The molecule has 36 heavy (non-hydrogen) atoms. The van der Waals surface area contributed by atoms with Crippen LogP contribution in [0.4, 0.5) is 5.82 Å². The first-order valence-electron chi connectivity index (χ1n) is 15.0. The first-order chi connectivity index (χ1) is 17.7. The zero-order valence-corrected chi connectivity index (χ0v) is 24.7. The predicted octanol–water partition coefficient (Wildman–Crippen LogP) is 7.59. The van der Waals surface area contributed by atoms with Gasteiger partial charge >= 0.3 is 0 Å². The molecule has 1 N–H and O–H groups in total. The second-order valence-corrected chi connectivity index (χ2v) is 11.3. The van der Waals surface area contributed by atoms with Crippen LogP contribution in [0.15, 0.2) is 18.3 Å². The number of hydrogen-bond acceptors (Lipinski definition) is 4. The van der Waals surface area contributed by atoms with E-state index in [1.807, 2.05) is 12.1 Å². The molecule has 0 spiro atoms. The van der Waals surface area contributed by atoms with Crippen LogP contribution >= 0.6 is 15.9 Å². The summed E-state index contributed by atoms with van der Waals surface area (Å²) in [5, 5.41) is 4.23. The Morgan fingerprint density at radius 3 is 1.86 bits per heavy atom. The fourth-order valence-electron chi connectivity index (χ4n) is 4.93. The predicted molar refractivity (Wildman–Crippen MR) is 159 cm³/mol. The number of nitrogens with zero attached hydrogens (tertiary/aromatic N) is 3. The number of unbranched alkanes of at least 4 members (excludes halogenated alkanes) is 14. The highest BCUT2D eigenvalue weighted by molar-refractivity contribution is 9.09. The highest BCUT2D eigenvalue weighted by atomic mass is 79.9. The molecule has 0 atom stereocenters. The molecule has 0 saturated carbocycles. The Kier molecular flexibility index (Phi) is 18.0. The number of carbonyl (C=O) groups is 1. The maximum absolute atomic E-state index is 12.5. The Morgan fingerprint density at radius 2 is 1.36 bits per heavy atom. The van der Waals surface area contributed by atoms with Gasteiger partial charge in [0.1, 0.15) is 5.82 Å². The van der Waals surface area contributed by atoms with Crippen molar-refractivity contribution in [2.24, 2.45) is 0 Å². The van der Waals surface area contributed by atoms with Crippen molar-refractivity contribution in [3.63, 3.8) is 0 Å². The van der Waals surface area contributed by atoms with Crippen LogP contribution in [0.5, 0.6) is 0 Å². The average Bonchev–Trinajstić information content (AvgIpc) is 2.92. The van der Waals surface area contributed by atoms with Crippen LogP contribution in [0.2, 0.25) is 0 Å². The maximum atomic E-state index is 12.5. The molecule has 1 amide bonds. The number of rotatable bonds is 21. The van der Waals surface area contributed by atoms with E-state index in [4.69, 9.17) is 0 Å². The molecule has 0 radical (unpaired) electrons. The second kappa shape index (κ2) is 20.9. The van der Waals surface area contributed by atoms with Gasteiger partial charge in [-0.25, -0.2) is 4.98 Å². The van der Waals surface area contributed by atoms with E-state index in [-0.39, 0.29) is 5.91 Å². The summed E-state index contributed by atoms with van der Waals surface area (Å²) in [5.41, 5.74) is 0.666. The van der Waals surface area contributed by atoms with Crippen LogP contribution in [0.1, 0.15) is 120 Å². The first-order valence-corrected chi connectivity index (χ1v) is 16.1. The van der Waals surface area contributed by atoms with Gasteiger partial charge in [0.05, 0.1) is 5.56 Å². The quantitative estimate of drug-likeness (QED) is 0.123. The highest BCUT2D eigenvalue weighted by Gasteiger charge is 2.17. The molecular weight excluding hydrogens is 512 g/mol. The van der Waals surface area contributed by atoms with E-state index in [0.717, 1.165) is 50.3 Å². The molecule has 1 saturated heterocycles. The fourth-order valence-corrected chi connectivity index (χ4v) is 5.33. The van der Waals surface area contributed by atoms with Gasteiger partial charge < -0.3 is 10.2 Å². The van der Waals surface area contributed by atoms with Crippen molar-refractivity contribution in [3.8, 4) is 0 Å². The highest BCUT2D eigenvalue weighted by Crippen LogP contribution is 2.15. The second-order valence-electron chi connectivity index (χ2n) is 10.5. The summed E-state index contributed by atoms with van der Waals surface area (Å²) in [6.07, 6.45) is 23.1. The lowest BCUT2D eigenvalue weighted by molar-refractivity contribution is 0.0952. The molecule has 5 nitrogen and oxygen atoms in total. The number of anilines is 1. The number of amides is 1. The van der Waals surface area contributed by atoms with Crippen LogP contribution < -0.4 is 10.2 Å². The van der Waals surface area contributed by atoms with Crippen molar-refractivity contribution in [1.29, 1.82) is 0 Å². The number of piperazine rings is 1. The molecule has 2 heterocycles. The number of halogens is 1. The summed E-state index contributed by atoms with van der Waals surface area (Å²) in [6, 6.07) is 3.93. The van der Waals surface area contributed by atoms with Crippen molar-refractivity contribution in [2.75, 3.05) is 49.5 Å². The molecule has 0 bridgehead atoms. The molecule has 0 unspecified atom stereocenters. The summed E-state index contributed by atoms with van der Waals surface area (Å²) in [5.74, 6) is 0.990. The van der Waals surface area contributed by atoms with Gasteiger partial charge in [0.25, 0.3) is 5.91 Å². The van der Waals surface area contributed by atoms with Crippen molar-refractivity contribution in [3.05, 3.63) is 23.9 Å². The van der Waals surface area contributed by atoms with Crippen molar-refractivity contribution < 1.29 is 4.79 Å². The van der Waals surface area contributed by atoms with Crippen molar-refractivity contribution in [1.82, 2.24) is 15.2 Å². The van der Waals surface area contributed by atoms with Gasteiger partial charge in [0, 0.05) is 44.3 Å². The molecule has 206 valence electrons. The molecule has 0 aliphatic carbocycles. The van der Waals surface area contributed by atoms with E-state index in [1.165, 1.54) is 103 Å². The molecule has 1 aromatic rings. The smallest absolute Gasteiger partial charge is 0.252 e. The van der Waals surface area contributed by atoms with E-state index < -0.39 is 0 Å². The summed E-state index contributed by atoms with van der Waals surface area (Å²) >= 11 is 3.50. The van der Waals surface area contributed by atoms with E-state index in [1.54, 1.807) is 6.20 Å². The average molecular weight is 566 g/mol. The molecular formula is C30H53BrN4O. The molecule has 6 heteroatoms. The lowest BCUT2D eigenvalue weighted by atomic mass is 10.0. The van der Waals surface area contributed by atoms with E-state index >= 15 is 0 Å². The lowest BCUT2D eigenvalue weighted by Gasteiger charge is -2.35. The van der Waals surface area contributed by atoms with Gasteiger partial charge in [-0.3, -0.25) is 9.69 Å². The van der Waals surface area contributed by atoms with Gasteiger partial charge in [-0.1, -0.05) is 106 Å². The number of alkyl halides is 1. The van der Waals surface area contributed by atoms with Crippen LogP contribution in [-0.4, -0.2) is 60.4 Å².